The quantitative estimate of drug-likeness (QED) is 0.850. The van der Waals surface area contributed by atoms with Gasteiger partial charge >= 0.3 is 5.97 Å². The molecule has 0 aliphatic carbocycles. The lowest BCUT2D eigenvalue weighted by Gasteiger charge is -2.19. The Kier molecular flexibility index (Phi) is 4.83. The molecule has 1 aliphatic heterocycles. The van der Waals surface area contributed by atoms with Crippen molar-refractivity contribution in [3.63, 3.8) is 0 Å². The van der Waals surface area contributed by atoms with E-state index < -0.39 is 0 Å². The first-order valence-electron chi connectivity index (χ1n) is 7.54. The third-order valence-corrected chi connectivity index (χ3v) is 3.96. The molecule has 2 aromatic rings. The molecule has 0 spiro atoms. The van der Waals surface area contributed by atoms with Crippen molar-refractivity contribution >= 4 is 11.8 Å². The molecule has 2 aromatic heterocycles. The van der Waals surface area contributed by atoms with Crippen molar-refractivity contribution in [3.05, 3.63) is 54.0 Å². The molecule has 1 saturated heterocycles. The highest BCUT2D eigenvalue weighted by Gasteiger charge is 2.28. The lowest BCUT2D eigenvalue weighted by atomic mass is 9.95. The molecule has 1 fully saturated rings. The molecule has 6 nitrogen and oxygen atoms in total. The number of rotatable bonds is 5. The maximum atomic E-state index is 11.4. The van der Waals surface area contributed by atoms with Gasteiger partial charge in [0.25, 0.3) is 0 Å². The number of nitrogens with zero attached hydrogens (tertiary/aromatic N) is 2. The van der Waals surface area contributed by atoms with Gasteiger partial charge in [0.05, 0.1) is 31.9 Å². The van der Waals surface area contributed by atoms with Crippen LogP contribution in [0.3, 0.4) is 0 Å². The third-order valence-electron chi connectivity index (χ3n) is 3.96. The van der Waals surface area contributed by atoms with Crippen LogP contribution in [0.25, 0.3) is 0 Å². The molecule has 3 rings (SSSR count). The summed E-state index contributed by atoms with van der Waals surface area (Å²) < 4.78 is 10.3. The van der Waals surface area contributed by atoms with Crippen LogP contribution < -0.4 is 5.32 Å². The molecule has 6 heteroatoms. The lowest BCUT2D eigenvalue weighted by molar-refractivity contribution is 0.0600. The number of methoxy groups -OCH3 is 1. The van der Waals surface area contributed by atoms with Gasteiger partial charge in [-0.1, -0.05) is 0 Å². The second kappa shape index (κ2) is 7.19. The molecule has 23 heavy (non-hydrogen) atoms. The molecule has 0 saturated carbocycles. The van der Waals surface area contributed by atoms with Gasteiger partial charge in [0.2, 0.25) is 0 Å². The zero-order valence-electron chi connectivity index (χ0n) is 12.9. The molecule has 1 N–H and O–H groups in total. The summed E-state index contributed by atoms with van der Waals surface area (Å²) >= 11 is 0. The van der Waals surface area contributed by atoms with E-state index in [2.05, 4.69) is 20.0 Å². The van der Waals surface area contributed by atoms with Crippen LogP contribution in [0.4, 0.5) is 5.82 Å². The first-order valence-corrected chi connectivity index (χ1v) is 7.54. The van der Waals surface area contributed by atoms with Gasteiger partial charge in [-0.05, 0) is 36.2 Å². The molecular weight excluding hydrogens is 294 g/mol. The van der Waals surface area contributed by atoms with Gasteiger partial charge in [-0.15, -0.1) is 0 Å². The number of hydrogen-bond donors (Lipinski definition) is 1. The SMILES string of the molecule is COC(=O)c1ccc(N[C@H]2COC[C@H]2Cc2ccncc2)nc1. The van der Waals surface area contributed by atoms with Crippen LogP contribution >= 0.6 is 0 Å². The minimum Gasteiger partial charge on any atom is -0.465 e. The van der Waals surface area contributed by atoms with E-state index in [-0.39, 0.29) is 12.0 Å². The number of hydrogen-bond acceptors (Lipinski definition) is 6. The van der Waals surface area contributed by atoms with Gasteiger partial charge in [-0.2, -0.15) is 0 Å². The Labute approximate surface area is 134 Å². The van der Waals surface area contributed by atoms with Gasteiger partial charge in [0, 0.05) is 24.5 Å². The van der Waals surface area contributed by atoms with Crippen molar-refractivity contribution in [2.24, 2.45) is 5.92 Å². The molecule has 2 atom stereocenters. The second-order valence-corrected chi connectivity index (χ2v) is 5.53. The number of esters is 1. The van der Waals surface area contributed by atoms with Crippen LogP contribution in [-0.4, -0.2) is 42.3 Å². The average Bonchev–Trinajstić information content (AvgIpc) is 3.02. The Bertz CT molecular complexity index is 646. The summed E-state index contributed by atoms with van der Waals surface area (Å²) in [6.07, 6.45) is 6.06. The highest BCUT2D eigenvalue weighted by Crippen LogP contribution is 2.22. The molecule has 0 aromatic carbocycles. The normalized spacial score (nSPS) is 20.2. The fourth-order valence-corrected chi connectivity index (χ4v) is 2.69. The van der Waals surface area contributed by atoms with E-state index in [0.29, 0.717) is 18.1 Å². The van der Waals surface area contributed by atoms with Gasteiger partial charge in [-0.25, -0.2) is 9.78 Å². The highest BCUT2D eigenvalue weighted by molar-refractivity contribution is 5.89. The van der Waals surface area contributed by atoms with E-state index in [1.165, 1.54) is 18.9 Å². The number of ether oxygens (including phenoxy) is 2. The minimum absolute atomic E-state index is 0.194. The number of nitrogens with one attached hydrogen (secondary N) is 1. The predicted molar refractivity (Wildman–Crippen MR) is 85.2 cm³/mol. The number of carbonyl (C=O) groups is 1. The Morgan fingerprint density at radius 3 is 2.83 bits per heavy atom. The van der Waals surface area contributed by atoms with Crippen LogP contribution in [0, 0.1) is 5.92 Å². The van der Waals surface area contributed by atoms with Gasteiger partial charge < -0.3 is 14.8 Å². The number of carbonyl (C=O) groups excluding carboxylic acids is 1. The fourth-order valence-electron chi connectivity index (χ4n) is 2.69. The summed E-state index contributed by atoms with van der Waals surface area (Å²) in [5.74, 6) is 0.719. The van der Waals surface area contributed by atoms with Crippen LogP contribution in [-0.2, 0) is 15.9 Å². The zero-order valence-corrected chi connectivity index (χ0v) is 12.9. The maximum Gasteiger partial charge on any atom is 0.339 e. The van der Waals surface area contributed by atoms with E-state index in [4.69, 9.17) is 4.74 Å². The summed E-state index contributed by atoms with van der Waals surface area (Å²) in [5.41, 5.74) is 1.69. The second-order valence-electron chi connectivity index (χ2n) is 5.53. The van der Waals surface area contributed by atoms with E-state index in [1.54, 1.807) is 24.5 Å². The Morgan fingerprint density at radius 2 is 2.13 bits per heavy atom. The summed E-state index contributed by atoms with van der Waals surface area (Å²) in [6.45, 7) is 1.37. The monoisotopic (exact) mass is 313 g/mol. The Hall–Kier alpha value is -2.47. The standard InChI is InChI=1S/C17H19N3O3/c1-22-17(21)13-2-3-16(19-9-13)20-15-11-23-10-14(15)8-12-4-6-18-7-5-12/h2-7,9,14-15H,8,10-11H2,1H3,(H,19,20)/t14-,15+/m1/s1. The molecule has 0 unspecified atom stereocenters. The molecule has 0 amide bonds. The highest BCUT2D eigenvalue weighted by atomic mass is 16.5. The first-order chi connectivity index (χ1) is 11.3. The molecule has 0 bridgehead atoms. The van der Waals surface area contributed by atoms with E-state index in [9.17, 15) is 4.79 Å². The van der Waals surface area contributed by atoms with Gasteiger partial charge in [0.15, 0.2) is 0 Å². The van der Waals surface area contributed by atoms with Gasteiger partial charge in [-0.3, -0.25) is 4.98 Å². The molecule has 3 heterocycles. The van der Waals surface area contributed by atoms with E-state index in [0.717, 1.165) is 18.8 Å². The van der Waals surface area contributed by atoms with E-state index in [1.807, 2.05) is 12.1 Å². The summed E-state index contributed by atoms with van der Waals surface area (Å²) in [5, 5.41) is 3.39. The lowest BCUT2D eigenvalue weighted by Crippen LogP contribution is -2.29. The number of aromatic nitrogens is 2. The largest absolute Gasteiger partial charge is 0.465 e. The van der Waals surface area contributed by atoms with Gasteiger partial charge in [0.1, 0.15) is 5.82 Å². The number of pyridine rings is 2. The topological polar surface area (TPSA) is 73.3 Å². The van der Waals surface area contributed by atoms with Crippen molar-refractivity contribution in [2.45, 2.75) is 12.5 Å². The van der Waals surface area contributed by atoms with Crippen molar-refractivity contribution in [1.29, 1.82) is 0 Å². The summed E-state index contributed by atoms with van der Waals surface area (Å²) in [4.78, 5) is 19.7. The average molecular weight is 313 g/mol. The summed E-state index contributed by atoms with van der Waals surface area (Å²) in [7, 11) is 1.36. The van der Waals surface area contributed by atoms with Crippen molar-refractivity contribution < 1.29 is 14.3 Å². The molecular formula is C17H19N3O3. The molecule has 1 aliphatic rings. The van der Waals surface area contributed by atoms with Crippen LogP contribution in [0.5, 0.6) is 0 Å². The van der Waals surface area contributed by atoms with Crippen molar-refractivity contribution in [2.75, 3.05) is 25.6 Å². The smallest absolute Gasteiger partial charge is 0.339 e. The van der Waals surface area contributed by atoms with E-state index >= 15 is 0 Å². The minimum atomic E-state index is -0.385. The van der Waals surface area contributed by atoms with Crippen molar-refractivity contribution in [3.8, 4) is 0 Å². The maximum absolute atomic E-state index is 11.4. The Morgan fingerprint density at radius 1 is 1.30 bits per heavy atom. The summed E-state index contributed by atoms with van der Waals surface area (Å²) in [6, 6.07) is 7.74. The fraction of sp³-hybridized carbons (Fsp3) is 0.353. The van der Waals surface area contributed by atoms with Crippen LogP contribution in [0.15, 0.2) is 42.9 Å². The Balaban J connectivity index is 1.63. The zero-order chi connectivity index (χ0) is 16.1. The predicted octanol–water partition coefficient (Wildman–Crippen LogP) is 1.93. The number of anilines is 1. The first kappa shape index (κ1) is 15.4. The van der Waals surface area contributed by atoms with Crippen molar-refractivity contribution in [1.82, 2.24) is 9.97 Å². The van der Waals surface area contributed by atoms with Crippen LogP contribution in [0.2, 0.25) is 0 Å². The van der Waals surface area contributed by atoms with Crippen LogP contribution in [0.1, 0.15) is 15.9 Å². The molecule has 0 radical (unpaired) electrons. The molecule has 120 valence electrons. The third kappa shape index (κ3) is 3.84.